The molecule has 1 aliphatic rings. The van der Waals surface area contributed by atoms with Gasteiger partial charge < -0.3 is 15.2 Å². The van der Waals surface area contributed by atoms with E-state index in [4.69, 9.17) is 4.74 Å². The van der Waals surface area contributed by atoms with Crippen molar-refractivity contribution in [3.05, 3.63) is 72.3 Å². The normalized spacial score (nSPS) is 22.1. The van der Waals surface area contributed by atoms with E-state index in [0.29, 0.717) is 6.10 Å². The number of hydrogen-bond acceptors (Lipinski definition) is 3. The predicted octanol–water partition coefficient (Wildman–Crippen LogP) is 6.68. The van der Waals surface area contributed by atoms with E-state index in [1.807, 2.05) is 18.2 Å². The number of benzene rings is 2. The molecule has 1 saturated carbocycles. The minimum atomic E-state index is 0.107. The highest BCUT2D eigenvalue weighted by Gasteiger charge is 2.36. The van der Waals surface area contributed by atoms with Crippen LogP contribution in [0.1, 0.15) is 69.9 Å². The average molecular weight is 422 g/mol. The molecule has 31 heavy (non-hydrogen) atoms. The molecular weight excluding hydrogens is 382 g/mol. The van der Waals surface area contributed by atoms with Crippen LogP contribution in [0.15, 0.2) is 61.2 Å². The van der Waals surface area contributed by atoms with Crippen LogP contribution in [-0.4, -0.2) is 24.4 Å². The first-order valence-corrected chi connectivity index (χ1v) is 11.9. The second kappa shape index (κ2) is 11.4. The lowest BCUT2D eigenvalue weighted by Gasteiger charge is -2.41. The molecule has 2 aromatic rings. The van der Waals surface area contributed by atoms with E-state index < -0.39 is 0 Å². The minimum absolute atomic E-state index is 0.107. The predicted molar refractivity (Wildman–Crippen MR) is 130 cm³/mol. The highest BCUT2D eigenvalue weighted by Crippen LogP contribution is 2.43. The average Bonchev–Trinajstić information content (AvgIpc) is 2.81. The Morgan fingerprint density at radius 1 is 1.13 bits per heavy atom. The molecule has 0 radical (unpaired) electrons. The van der Waals surface area contributed by atoms with Gasteiger partial charge in [0.25, 0.3) is 0 Å². The van der Waals surface area contributed by atoms with Gasteiger partial charge in [-0.15, -0.1) is 0 Å². The number of hydrogen-bond donors (Lipinski definition) is 2. The Morgan fingerprint density at radius 3 is 2.48 bits per heavy atom. The molecule has 1 unspecified atom stereocenters. The quantitative estimate of drug-likeness (QED) is 0.425. The first-order chi connectivity index (χ1) is 15.0. The SMILES string of the molecule is C=C(NCC1(c2ccccc2)CCC(CCC(C)OCCC)CC1)c1ccccc1O. The summed E-state index contributed by atoms with van der Waals surface area (Å²) >= 11 is 0. The molecule has 168 valence electrons. The zero-order valence-electron chi connectivity index (χ0n) is 19.3. The Bertz CT molecular complexity index is 809. The number of rotatable bonds is 11. The number of nitrogens with one attached hydrogen (secondary N) is 1. The second-order valence-electron chi connectivity index (χ2n) is 9.20. The van der Waals surface area contributed by atoms with Crippen LogP contribution in [0.5, 0.6) is 5.75 Å². The van der Waals surface area contributed by atoms with Gasteiger partial charge >= 0.3 is 0 Å². The van der Waals surface area contributed by atoms with E-state index in [2.05, 4.69) is 56.1 Å². The van der Waals surface area contributed by atoms with Crippen molar-refractivity contribution >= 4 is 5.70 Å². The van der Waals surface area contributed by atoms with Crippen LogP contribution < -0.4 is 5.32 Å². The van der Waals surface area contributed by atoms with Crippen LogP contribution in [0.3, 0.4) is 0 Å². The minimum Gasteiger partial charge on any atom is -0.507 e. The maximum absolute atomic E-state index is 10.2. The number of phenols is 1. The lowest BCUT2D eigenvalue weighted by atomic mass is 9.65. The molecular formula is C28H39NO2. The van der Waals surface area contributed by atoms with E-state index in [0.717, 1.165) is 43.2 Å². The molecule has 0 aromatic heterocycles. The molecule has 0 aliphatic heterocycles. The molecule has 0 saturated heterocycles. The van der Waals surface area contributed by atoms with E-state index >= 15 is 0 Å². The topological polar surface area (TPSA) is 41.5 Å². The third kappa shape index (κ3) is 6.36. The number of ether oxygens (including phenoxy) is 1. The molecule has 1 atom stereocenters. The van der Waals surface area contributed by atoms with E-state index in [1.54, 1.807) is 6.07 Å². The smallest absolute Gasteiger partial charge is 0.124 e. The van der Waals surface area contributed by atoms with Gasteiger partial charge in [0, 0.05) is 29.8 Å². The summed E-state index contributed by atoms with van der Waals surface area (Å²) in [7, 11) is 0. The van der Waals surface area contributed by atoms with Crippen LogP contribution in [0.4, 0.5) is 0 Å². The van der Waals surface area contributed by atoms with Crippen LogP contribution in [-0.2, 0) is 10.2 Å². The first-order valence-electron chi connectivity index (χ1n) is 11.9. The highest BCUT2D eigenvalue weighted by atomic mass is 16.5. The molecule has 3 rings (SSSR count). The Balaban J connectivity index is 1.62. The summed E-state index contributed by atoms with van der Waals surface area (Å²) in [6.07, 6.45) is 8.72. The first kappa shape index (κ1) is 23.4. The number of para-hydroxylation sites is 1. The molecule has 3 nitrogen and oxygen atoms in total. The molecule has 0 heterocycles. The van der Waals surface area contributed by atoms with Crippen LogP contribution in [0.25, 0.3) is 5.70 Å². The van der Waals surface area contributed by atoms with Gasteiger partial charge in [0.2, 0.25) is 0 Å². The van der Waals surface area contributed by atoms with Crippen molar-refractivity contribution in [3.63, 3.8) is 0 Å². The van der Waals surface area contributed by atoms with Crippen molar-refractivity contribution in [1.29, 1.82) is 0 Å². The summed E-state index contributed by atoms with van der Waals surface area (Å²) in [5, 5.41) is 13.7. The fraction of sp³-hybridized carbons (Fsp3) is 0.500. The van der Waals surface area contributed by atoms with Gasteiger partial charge in [-0.2, -0.15) is 0 Å². The molecule has 2 N–H and O–H groups in total. The Kier molecular flexibility index (Phi) is 8.60. The third-order valence-corrected chi connectivity index (χ3v) is 6.91. The molecule has 2 aromatic carbocycles. The summed E-state index contributed by atoms with van der Waals surface area (Å²) in [5.74, 6) is 1.06. The standard InChI is InChI=1S/C28H39NO2/c1-4-20-31-22(2)14-15-24-16-18-28(19-17-24,25-10-6-5-7-11-25)21-29-23(3)26-12-8-9-13-27(26)30/h5-13,22,24,29-30H,3-4,14-21H2,1-2H3. The van der Waals surface area contributed by atoms with Gasteiger partial charge in [0.05, 0.1) is 6.10 Å². The summed E-state index contributed by atoms with van der Waals surface area (Å²) < 4.78 is 5.87. The van der Waals surface area contributed by atoms with Crippen molar-refractivity contribution in [2.24, 2.45) is 5.92 Å². The molecule has 3 heteroatoms. The Hall–Kier alpha value is -2.26. The van der Waals surface area contributed by atoms with Gasteiger partial charge in [-0.1, -0.05) is 56.0 Å². The highest BCUT2D eigenvalue weighted by molar-refractivity contribution is 5.67. The van der Waals surface area contributed by atoms with Gasteiger partial charge in [-0.3, -0.25) is 0 Å². The van der Waals surface area contributed by atoms with Crippen LogP contribution >= 0.6 is 0 Å². The summed E-state index contributed by atoms with van der Waals surface area (Å²) in [5.41, 5.74) is 3.08. The van der Waals surface area contributed by atoms with Gasteiger partial charge in [0.15, 0.2) is 0 Å². The largest absolute Gasteiger partial charge is 0.507 e. The van der Waals surface area contributed by atoms with E-state index in [9.17, 15) is 5.11 Å². The van der Waals surface area contributed by atoms with E-state index in [-0.39, 0.29) is 11.2 Å². The van der Waals surface area contributed by atoms with Crippen molar-refractivity contribution < 1.29 is 9.84 Å². The zero-order chi connectivity index (χ0) is 22.1. The monoisotopic (exact) mass is 421 g/mol. The summed E-state index contributed by atoms with van der Waals surface area (Å²) in [4.78, 5) is 0. The van der Waals surface area contributed by atoms with Gasteiger partial charge in [-0.05, 0) is 75.5 Å². The van der Waals surface area contributed by atoms with Crippen LogP contribution in [0, 0.1) is 5.92 Å². The fourth-order valence-electron chi connectivity index (χ4n) is 4.85. The van der Waals surface area contributed by atoms with E-state index in [1.165, 1.54) is 37.7 Å². The van der Waals surface area contributed by atoms with Crippen molar-refractivity contribution in [2.45, 2.75) is 70.3 Å². The molecule has 1 aliphatic carbocycles. The van der Waals surface area contributed by atoms with Crippen LogP contribution in [0.2, 0.25) is 0 Å². The number of phenolic OH excluding ortho intramolecular Hbond substituents is 1. The van der Waals surface area contributed by atoms with Gasteiger partial charge in [-0.25, -0.2) is 0 Å². The second-order valence-corrected chi connectivity index (χ2v) is 9.20. The lowest BCUT2D eigenvalue weighted by Crippen LogP contribution is -2.41. The molecule has 1 fully saturated rings. The van der Waals surface area contributed by atoms with Gasteiger partial charge in [0.1, 0.15) is 5.75 Å². The maximum Gasteiger partial charge on any atom is 0.124 e. The summed E-state index contributed by atoms with van der Waals surface area (Å²) in [6, 6.07) is 18.3. The van der Waals surface area contributed by atoms with Crippen molar-refractivity contribution in [1.82, 2.24) is 5.32 Å². The maximum atomic E-state index is 10.2. The lowest BCUT2D eigenvalue weighted by molar-refractivity contribution is 0.0534. The molecule has 0 amide bonds. The Morgan fingerprint density at radius 2 is 1.81 bits per heavy atom. The fourth-order valence-corrected chi connectivity index (χ4v) is 4.85. The van der Waals surface area contributed by atoms with Crippen molar-refractivity contribution in [3.8, 4) is 5.75 Å². The molecule has 0 spiro atoms. The third-order valence-electron chi connectivity index (χ3n) is 6.91. The molecule has 0 bridgehead atoms. The summed E-state index contributed by atoms with van der Waals surface area (Å²) in [6.45, 7) is 10.3. The zero-order valence-corrected chi connectivity index (χ0v) is 19.3. The van der Waals surface area contributed by atoms with Crippen molar-refractivity contribution in [2.75, 3.05) is 13.2 Å². The Labute approximate surface area is 188 Å². The number of aromatic hydroxyl groups is 1.